The van der Waals surface area contributed by atoms with Crippen LogP contribution >= 0.6 is 0 Å². The van der Waals surface area contributed by atoms with Gasteiger partial charge >= 0.3 is 12.3 Å². The Morgan fingerprint density at radius 1 is 1.17 bits per heavy atom. The van der Waals surface area contributed by atoms with Crippen LogP contribution in [0, 0.1) is 0 Å². The maximum Gasteiger partial charge on any atom is 0.534 e. The van der Waals surface area contributed by atoms with E-state index in [4.69, 9.17) is 9.57 Å². The van der Waals surface area contributed by atoms with Crippen molar-refractivity contribution in [2.45, 2.75) is 45.4 Å². The second-order valence-corrected chi connectivity index (χ2v) is 6.09. The third kappa shape index (κ3) is 4.14. The number of nitrogens with zero attached hydrogens (tertiary/aromatic N) is 1. The first-order valence-electron chi connectivity index (χ1n) is 6.91. The van der Waals surface area contributed by atoms with Crippen LogP contribution in [0.25, 0.3) is 0 Å². The summed E-state index contributed by atoms with van der Waals surface area (Å²) in [4.78, 5) is 28.5. The Balaban J connectivity index is 2.31. The van der Waals surface area contributed by atoms with E-state index in [-0.39, 0.29) is 18.5 Å². The third-order valence-electron chi connectivity index (χ3n) is 3.02. The minimum Gasteiger partial charge on any atom is -0.427 e. The zero-order valence-electron chi connectivity index (χ0n) is 12.9. The van der Waals surface area contributed by atoms with Gasteiger partial charge in [0.15, 0.2) is 0 Å². The molecule has 0 unspecified atom stereocenters. The van der Waals surface area contributed by atoms with Crippen LogP contribution in [0.15, 0.2) is 18.2 Å². The number of ether oxygens (including phenoxy) is 1. The Hall–Kier alpha value is -2.25. The fraction of sp³-hybridized carbons (Fsp3) is 0.467. The van der Waals surface area contributed by atoms with Crippen molar-refractivity contribution in [3.05, 3.63) is 29.3 Å². The van der Waals surface area contributed by atoms with Crippen molar-refractivity contribution in [1.82, 2.24) is 0 Å². The molecule has 5 nitrogen and oxygen atoms in total. The molecule has 0 fully saturated rings. The van der Waals surface area contributed by atoms with Crippen molar-refractivity contribution >= 4 is 17.7 Å². The van der Waals surface area contributed by atoms with Gasteiger partial charge in [0.05, 0.1) is 11.3 Å². The first kappa shape index (κ1) is 17.1. The summed E-state index contributed by atoms with van der Waals surface area (Å²) in [5, 5.41) is 0.572. The van der Waals surface area contributed by atoms with Gasteiger partial charge in [-0.15, -0.1) is 5.06 Å². The number of fused-ring (bicyclic) bond motifs is 1. The number of carbonyl (C=O) groups excluding carboxylic acids is 2. The van der Waals surface area contributed by atoms with Gasteiger partial charge in [-0.2, -0.15) is 13.2 Å². The van der Waals surface area contributed by atoms with Gasteiger partial charge in [-0.05, 0) is 44.9 Å². The molecule has 1 aromatic carbocycles. The van der Waals surface area contributed by atoms with E-state index >= 15 is 0 Å². The first-order chi connectivity index (χ1) is 10.5. The Kier molecular flexibility index (Phi) is 4.28. The average Bonchev–Trinajstić information content (AvgIpc) is 2.38. The van der Waals surface area contributed by atoms with Crippen LogP contribution < -0.4 is 5.06 Å². The first-order valence-corrected chi connectivity index (χ1v) is 6.91. The summed E-state index contributed by atoms with van der Waals surface area (Å²) in [7, 11) is 0. The number of rotatable bonds is 1. The van der Waals surface area contributed by atoms with Crippen LogP contribution in [-0.2, 0) is 27.0 Å². The SMILES string of the molecule is CC(C)(C)OC(=O)ON1C(=O)CCc2ccc(C(F)(F)F)cc21. The third-order valence-corrected chi connectivity index (χ3v) is 3.02. The highest BCUT2D eigenvalue weighted by Crippen LogP contribution is 2.36. The zero-order chi connectivity index (χ0) is 17.4. The summed E-state index contributed by atoms with van der Waals surface area (Å²) in [5.41, 5.74) is -1.39. The molecule has 2 rings (SSSR count). The number of alkyl halides is 3. The lowest BCUT2D eigenvalue weighted by molar-refractivity contribution is -0.137. The van der Waals surface area contributed by atoms with Crippen LogP contribution in [0.1, 0.15) is 38.3 Å². The van der Waals surface area contributed by atoms with Crippen LogP contribution in [-0.4, -0.2) is 17.7 Å². The number of carbonyl (C=O) groups is 2. The van der Waals surface area contributed by atoms with E-state index in [1.807, 2.05) is 0 Å². The molecular weight excluding hydrogens is 315 g/mol. The Morgan fingerprint density at radius 3 is 2.39 bits per heavy atom. The molecule has 0 radical (unpaired) electrons. The van der Waals surface area contributed by atoms with Gasteiger partial charge < -0.3 is 4.74 Å². The predicted octanol–water partition coefficient (Wildman–Crippen LogP) is 3.85. The van der Waals surface area contributed by atoms with Gasteiger partial charge in [0, 0.05) is 6.42 Å². The highest BCUT2D eigenvalue weighted by atomic mass is 19.4. The quantitative estimate of drug-likeness (QED) is 0.734. The zero-order valence-corrected chi connectivity index (χ0v) is 12.9. The van der Waals surface area contributed by atoms with Gasteiger partial charge in [-0.3, -0.25) is 9.63 Å². The van der Waals surface area contributed by atoms with Crippen molar-refractivity contribution in [2.24, 2.45) is 0 Å². The van der Waals surface area contributed by atoms with Crippen molar-refractivity contribution in [1.29, 1.82) is 0 Å². The second-order valence-electron chi connectivity index (χ2n) is 6.09. The van der Waals surface area contributed by atoms with Gasteiger partial charge in [-0.1, -0.05) is 6.07 Å². The predicted molar refractivity (Wildman–Crippen MR) is 74.6 cm³/mol. The molecule has 1 amide bonds. The van der Waals surface area contributed by atoms with Crippen molar-refractivity contribution < 1.29 is 32.3 Å². The molecule has 0 N–H and O–H groups in total. The molecular formula is C15H16F3NO4. The summed E-state index contributed by atoms with van der Waals surface area (Å²) in [5.74, 6) is -0.609. The number of hydroxylamine groups is 1. The summed E-state index contributed by atoms with van der Waals surface area (Å²) in [6.07, 6.45) is -5.41. The maximum absolute atomic E-state index is 12.8. The molecule has 0 aliphatic carbocycles. The standard InChI is InChI=1S/C15H16F3NO4/c1-14(2,3)22-13(21)23-19-11-8-10(15(16,17)18)6-4-9(11)5-7-12(19)20/h4,6,8H,5,7H2,1-3H3. The molecule has 1 aromatic rings. The summed E-state index contributed by atoms with van der Waals surface area (Å²) in [6.45, 7) is 4.80. The fourth-order valence-corrected chi connectivity index (χ4v) is 2.06. The molecule has 0 spiro atoms. The Labute approximate surface area is 130 Å². The van der Waals surface area contributed by atoms with E-state index < -0.39 is 29.4 Å². The van der Waals surface area contributed by atoms with E-state index in [2.05, 4.69) is 0 Å². The van der Waals surface area contributed by atoms with Gasteiger partial charge in [0.25, 0.3) is 5.91 Å². The molecule has 0 bridgehead atoms. The van der Waals surface area contributed by atoms with E-state index in [0.29, 0.717) is 10.6 Å². The topological polar surface area (TPSA) is 55.8 Å². The number of halogens is 3. The average molecular weight is 331 g/mol. The molecule has 126 valence electrons. The Morgan fingerprint density at radius 2 is 1.83 bits per heavy atom. The smallest absolute Gasteiger partial charge is 0.427 e. The van der Waals surface area contributed by atoms with E-state index in [9.17, 15) is 22.8 Å². The van der Waals surface area contributed by atoms with E-state index in [1.54, 1.807) is 20.8 Å². The lowest BCUT2D eigenvalue weighted by atomic mass is 10.0. The number of hydrogen-bond donors (Lipinski definition) is 0. The number of amides is 1. The van der Waals surface area contributed by atoms with Crippen molar-refractivity contribution in [3.8, 4) is 0 Å². The van der Waals surface area contributed by atoms with Gasteiger partial charge in [0.2, 0.25) is 0 Å². The van der Waals surface area contributed by atoms with Crippen LogP contribution in [0.5, 0.6) is 0 Å². The van der Waals surface area contributed by atoms with Crippen molar-refractivity contribution in [3.63, 3.8) is 0 Å². The fourth-order valence-electron chi connectivity index (χ4n) is 2.06. The lowest BCUT2D eigenvalue weighted by Gasteiger charge is -2.29. The molecule has 0 aromatic heterocycles. The van der Waals surface area contributed by atoms with Crippen LogP contribution in [0.4, 0.5) is 23.7 Å². The molecule has 23 heavy (non-hydrogen) atoms. The monoisotopic (exact) mass is 331 g/mol. The molecule has 1 heterocycles. The minimum absolute atomic E-state index is 0.0289. The number of aryl methyl sites for hydroxylation is 1. The molecule has 1 aliphatic heterocycles. The van der Waals surface area contributed by atoms with E-state index in [1.165, 1.54) is 6.07 Å². The van der Waals surface area contributed by atoms with Crippen molar-refractivity contribution in [2.75, 3.05) is 5.06 Å². The largest absolute Gasteiger partial charge is 0.534 e. The molecule has 0 atom stereocenters. The summed E-state index contributed by atoms with van der Waals surface area (Å²) in [6, 6.07) is 2.99. The van der Waals surface area contributed by atoms with Crippen LogP contribution in [0.2, 0.25) is 0 Å². The number of hydrogen-bond acceptors (Lipinski definition) is 4. The molecule has 0 saturated heterocycles. The van der Waals surface area contributed by atoms with E-state index in [0.717, 1.165) is 12.1 Å². The van der Waals surface area contributed by atoms with Crippen LogP contribution in [0.3, 0.4) is 0 Å². The lowest BCUT2D eigenvalue weighted by Crippen LogP contribution is -2.39. The molecule has 1 aliphatic rings. The number of benzene rings is 1. The highest BCUT2D eigenvalue weighted by molar-refractivity contribution is 5.96. The summed E-state index contributed by atoms with van der Waals surface area (Å²) < 4.78 is 43.4. The summed E-state index contributed by atoms with van der Waals surface area (Å²) >= 11 is 0. The molecule has 0 saturated carbocycles. The highest BCUT2D eigenvalue weighted by Gasteiger charge is 2.35. The molecule has 8 heteroatoms. The maximum atomic E-state index is 12.8. The second kappa shape index (κ2) is 5.75. The normalized spacial score (nSPS) is 15.2. The van der Waals surface area contributed by atoms with Gasteiger partial charge in [0.1, 0.15) is 5.60 Å². The van der Waals surface area contributed by atoms with Gasteiger partial charge in [-0.25, -0.2) is 4.79 Å². The Bertz CT molecular complexity index is 635. The minimum atomic E-state index is -4.56. The number of anilines is 1.